The van der Waals surface area contributed by atoms with Crippen LogP contribution in [-0.2, 0) is 50.0 Å². The number of aryl methyl sites for hydroxylation is 1. The third-order valence-corrected chi connectivity index (χ3v) is 8.33. The van der Waals surface area contributed by atoms with E-state index in [1.807, 2.05) is 19.1 Å². The van der Waals surface area contributed by atoms with E-state index in [9.17, 15) is 42.0 Å². The van der Waals surface area contributed by atoms with Crippen molar-refractivity contribution in [1.82, 2.24) is 25.8 Å². The molecular weight excluding hydrogens is 690 g/mol. The average molecular weight is 738 g/mol. The van der Waals surface area contributed by atoms with Crippen LogP contribution in [0.3, 0.4) is 0 Å². The van der Waals surface area contributed by atoms with Crippen molar-refractivity contribution in [3.05, 3.63) is 42.0 Å². The molecule has 0 saturated carbocycles. The topological polar surface area (TPSA) is 264 Å². The minimum Gasteiger partial charge on any atom is -0.378 e. The Balaban J connectivity index is 2.09. The van der Waals surface area contributed by atoms with Gasteiger partial charge in [0.2, 0.25) is 23.6 Å². The largest absolute Gasteiger partial charge is 0.378 e. The van der Waals surface area contributed by atoms with E-state index < -0.39 is 81.9 Å². The summed E-state index contributed by atoms with van der Waals surface area (Å²) in [5, 5.41) is 10.5. The summed E-state index contributed by atoms with van der Waals surface area (Å²) < 4.78 is 36.0. The van der Waals surface area contributed by atoms with Crippen molar-refractivity contribution >= 4 is 57.3 Å². The van der Waals surface area contributed by atoms with E-state index in [0.717, 1.165) is 29.0 Å². The van der Waals surface area contributed by atoms with E-state index >= 15 is 0 Å². The summed E-state index contributed by atoms with van der Waals surface area (Å²) >= 11 is 0. The number of carbonyl (C=O) groups is 7. The van der Waals surface area contributed by atoms with E-state index in [4.69, 9.17) is 15.0 Å². The molecule has 0 aliphatic carbocycles. The molecule has 1 heterocycles. The second-order valence-corrected chi connectivity index (χ2v) is 13.5. The summed E-state index contributed by atoms with van der Waals surface area (Å²) in [6.45, 7) is 3.96. The van der Waals surface area contributed by atoms with Crippen LogP contribution in [0.4, 0.5) is 10.5 Å². The number of nitrogens with one attached hydrogen (secondary N) is 4. The van der Waals surface area contributed by atoms with Crippen LogP contribution in [0.5, 0.6) is 0 Å². The SMILES string of the molecule is CCc1ccc(NC(=O)[C@H](CCCNC(N)=O)NC(=O)C(NC(=O)CCN(CCOCCS(=O)(=O)O)C(=O)CN2C(=O)C=CC2=O)C(C)C)cc1. The summed E-state index contributed by atoms with van der Waals surface area (Å²) in [7, 11) is -4.28. The van der Waals surface area contributed by atoms with Crippen molar-refractivity contribution in [3.8, 4) is 0 Å². The van der Waals surface area contributed by atoms with Crippen molar-refractivity contribution in [1.29, 1.82) is 0 Å². The summed E-state index contributed by atoms with van der Waals surface area (Å²) in [6.07, 6.45) is 2.94. The summed E-state index contributed by atoms with van der Waals surface area (Å²) in [4.78, 5) is 89.8. The molecule has 0 radical (unpaired) electrons. The van der Waals surface area contributed by atoms with Gasteiger partial charge in [0.15, 0.2) is 0 Å². The zero-order valence-electron chi connectivity index (χ0n) is 28.9. The quantitative estimate of drug-likeness (QED) is 0.0493. The van der Waals surface area contributed by atoms with Crippen LogP contribution in [0.1, 0.15) is 45.6 Å². The van der Waals surface area contributed by atoms with E-state index in [2.05, 4.69) is 21.3 Å². The summed E-state index contributed by atoms with van der Waals surface area (Å²) in [6, 6.07) is 4.31. The highest BCUT2D eigenvalue weighted by Gasteiger charge is 2.30. The van der Waals surface area contributed by atoms with Crippen LogP contribution in [0.15, 0.2) is 36.4 Å². The minimum absolute atomic E-state index is 0.130. The van der Waals surface area contributed by atoms with Crippen LogP contribution in [-0.4, -0.2) is 121 Å². The van der Waals surface area contributed by atoms with Crippen LogP contribution < -0.4 is 27.0 Å². The first kappa shape index (κ1) is 42.3. The van der Waals surface area contributed by atoms with Gasteiger partial charge >= 0.3 is 6.03 Å². The maximum atomic E-state index is 13.5. The predicted octanol–water partition coefficient (Wildman–Crippen LogP) is -0.690. The molecule has 8 amide bonds. The van der Waals surface area contributed by atoms with Gasteiger partial charge in [-0.05, 0) is 42.9 Å². The number of urea groups is 1. The third-order valence-electron chi connectivity index (χ3n) is 7.64. The molecule has 0 saturated heterocycles. The lowest BCUT2D eigenvalue weighted by Crippen LogP contribution is -2.55. The Morgan fingerprint density at radius 1 is 0.961 bits per heavy atom. The van der Waals surface area contributed by atoms with Gasteiger partial charge in [-0.1, -0.05) is 32.9 Å². The number of amides is 8. The van der Waals surface area contributed by atoms with E-state index in [1.165, 1.54) is 0 Å². The Morgan fingerprint density at radius 3 is 2.18 bits per heavy atom. The first-order valence-electron chi connectivity index (χ1n) is 16.4. The van der Waals surface area contributed by atoms with Gasteiger partial charge in [0.05, 0.1) is 19.0 Å². The van der Waals surface area contributed by atoms with Crippen LogP contribution >= 0.6 is 0 Å². The Hall–Kier alpha value is -4.88. The van der Waals surface area contributed by atoms with E-state index in [-0.39, 0.29) is 45.7 Å². The Morgan fingerprint density at radius 2 is 1.61 bits per heavy atom. The molecule has 1 aromatic rings. The van der Waals surface area contributed by atoms with Crippen molar-refractivity contribution in [3.63, 3.8) is 0 Å². The molecule has 19 heteroatoms. The fourth-order valence-corrected chi connectivity index (χ4v) is 5.07. The molecule has 282 valence electrons. The van der Waals surface area contributed by atoms with E-state index in [1.54, 1.807) is 26.0 Å². The average Bonchev–Trinajstić information content (AvgIpc) is 3.37. The first-order valence-corrected chi connectivity index (χ1v) is 18.0. The monoisotopic (exact) mass is 737 g/mol. The Bertz CT molecular complexity index is 1530. The summed E-state index contributed by atoms with van der Waals surface area (Å²) in [5.74, 6) is -4.99. The van der Waals surface area contributed by atoms with Crippen LogP contribution in [0.25, 0.3) is 0 Å². The van der Waals surface area contributed by atoms with Crippen molar-refractivity contribution in [2.75, 3.05) is 50.5 Å². The molecule has 51 heavy (non-hydrogen) atoms. The Kier molecular flexibility index (Phi) is 17.2. The summed E-state index contributed by atoms with van der Waals surface area (Å²) in [5.41, 5.74) is 6.70. The fourth-order valence-electron chi connectivity index (χ4n) is 4.74. The van der Waals surface area contributed by atoms with Crippen molar-refractivity contribution in [2.45, 2.75) is 58.5 Å². The highest BCUT2D eigenvalue weighted by Crippen LogP contribution is 2.13. The molecule has 2 rings (SSSR count). The van der Waals surface area contributed by atoms with Gasteiger partial charge in [-0.2, -0.15) is 8.42 Å². The predicted molar refractivity (Wildman–Crippen MR) is 184 cm³/mol. The third kappa shape index (κ3) is 15.7. The normalized spacial score (nSPS) is 13.9. The molecule has 0 aromatic heterocycles. The molecule has 7 N–H and O–H groups in total. The van der Waals surface area contributed by atoms with Crippen molar-refractivity contribution in [2.24, 2.45) is 11.7 Å². The second-order valence-electron chi connectivity index (χ2n) is 11.9. The van der Waals surface area contributed by atoms with Gasteiger partial charge < -0.3 is 36.6 Å². The van der Waals surface area contributed by atoms with Crippen LogP contribution in [0.2, 0.25) is 0 Å². The zero-order valence-corrected chi connectivity index (χ0v) is 29.7. The van der Waals surface area contributed by atoms with Gasteiger partial charge in [-0.3, -0.25) is 38.2 Å². The maximum Gasteiger partial charge on any atom is 0.312 e. The Labute approximate surface area is 296 Å². The lowest BCUT2D eigenvalue weighted by atomic mass is 10.0. The molecular formula is C32H47N7O11S. The molecule has 18 nitrogen and oxygen atoms in total. The molecule has 1 aromatic carbocycles. The number of rotatable bonds is 22. The standard InChI is InChI=1S/C32H47N7O11S/c1-4-22-7-9-23(10-8-22)35-30(44)24(6-5-14-34-32(33)46)36-31(45)29(21(2)3)37-25(40)13-15-38(16-17-50-18-19-51(47,48)49)28(43)20-39-26(41)11-12-27(39)42/h7-12,21,24,29H,4-6,13-20H2,1-3H3,(H,35,44)(H,36,45)(H,37,40)(H3,33,34,46)(H,47,48,49)/t24-,29?/m0/s1. The smallest absolute Gasteiger partial charge is 0.312 e. The van der Waals surface area contributed by atoms with Crippen molar-refractivity contribution < 1.29 is 51.3 Å². The number of hydrogen-bond donors (Lipinski definition) is 6. The molecule has 1 aliphatic rings. The number of benzene rings is 1. The second kappa shape index (κ2) is 20.7. The lowest BCUT2D eigenvalue weighted by Gasteiger charge is -2.27. The number of hydrogen-bond acceptors (Lipinski definition) is 10. The number of primary amides is 1. The highest BCUT2D eigenvalue weighted by molar-refractivity contribution is 7.85. The van der Waals surface area contributed by atoms with Gasteiger partial charge in [0, 0.05) is 43.9 Å². The number of carbonyl (C=O) groups excluding carboxylic acids is 7. The number of nitrogens with two attached hydrogens (primary N) is 1. The maximum absolute atomic E-state index is 13.5. The first-order chi connectivity index (χ1) is 24.0. The molecule has 1 aliphatic heterocycles. The lowest BCUT2D eigenvalue weighted by molar-refractivity contribution is -0.145. The molecule has 1 unspecified atom stereocenters. The number of anilines is 1. The van der Waals surface area contributed by atoms with Crippen LogP contribution in [0, 0.1) is 5.92 Å². The minimum atomic E-state index is -4.28. The van der Waals surface area contributed by atoms with Gasteiger partial charge in [0.1, 0.15) is 18.6 Å². The number of nitrogens with zero attached hydrogens (tertiary/aromatic N) is 2. The zero-order chi connectivity index (χ0) is 38.1. The fraction of sp³-hybridized carbons (Fsp3) is 0.531. The number of imide groups is 1. The molecule has 0 fully saturated rings. The van der Waals surface area contributed by atoms with Gasteiger partial charge in [-0.25, -0.2) is 4.79 Å². The number of ether oxygens (including phenoxy) is 1. The highest BCUT2D eigenvalue weighted by atomic mass is 32.2. The van der Waals surface area contributed by atoms with Gasteiger partial charge in [-0.15, -0.1) is 0 Å². The molecule has 0 bridgehead atoms. The molecule has 0 spiro atoms. The van der Waals surface area contributed by atoms with Gasteiger partial charge in [0.25, 0.3) is 21.9 Å². The van der Waals surface area contributed by atoms with E-state index in [0.29, 0.717) is 17.0 Å². The molecule has 2 atom stereocenters.